The third kappa shape index (κ3) is 2.88. The van der Waals surface area contributed by atoms with Gasteiger partial charge in [-0.15, -0.1) is 0 Å². The van der Waals surface area contributed by atoms with Gasteiger partial charge in [0.05, 0.1) is 6.04 Å². The topological polar surface area (TPSA) is 41.1 Å². The standard InChI is InChI=1S/C17H24N2O/c1-17(10-4-5-11-17)12-18-15-9-8-13-6-2-3-7-14(13)19-16(15)20/h2-3,6-7,15,18H,4-5,8-12H2,1H3,(H,19,20). The Bertz CT molecular complexity index is 492. The van der Waals surface area contributed by atoms with E-state index < -0.39 is 0 Å². The molecular formula is C17H24N2O. The highest BCUT2D eigenvalue weighted by atomic mass is 16.2. The Morgan fingerprint density at radius 3 is 2.85 bits per heavy atom. The lowest BCUT2D eigenvalue weighted by Gasteiger charge is -2.26. The first-order valence-electron chi connectivity index (χ1n) is 7.78. The molecule has 1 atom stereocenters. The van der Waals surface area contributed by atoms with Crippen molar-refractivity contribution in [1.29, 1.82) is 0 Å². The number of anilines is 1. The normalized spacial score (nSPS) is 24.9. The summed E-state index contributed by atoms with van der Waals surface area (Å²) in [6.07, 6.45) is 7.09. The summed E-state index contributed by atoms with van der Waals surface area (Å²) in [5, 5.41) is 6.58. The van der Waals surface area contributed by atoms with Gasteiger partial charge in [0, 0.05) is 12.2 Å². The van der Waals surface area contributed by atoms with E-state index in [1.807, 2.05) is 18.2 Å². The summed E-state index contributed by atoms with van der Waals surface area (Å²) >= 11 is 0. The smallest absolute Gasteiger partial charge is 0.241 e. The molecule has 1 aromatic carbocycles. The molecule has 3 rings (SSSR count). The molecule has 3 nitrogen and oxygen atoms in total. The SMILES string of the molecule is CC1(CNC2CCc3ccccc3NC2=O)CCCC1. The molecule has 108 valence electrons. The van der Waals surface area contributed by atoms with Crippen LogP contribution in [0.3, 0.4) is 0 Å². The Morgan fingerprint density at radius 1 is 1.30 bits per heavy atom. The third-order valence-electron chi connectivity index (χ3n) is 4.88. The zero-order valence-electron chi connectivity index (χ0n) is 12.2. The van der Waals surface area contributed by atoms with Crippen LogP contribution >= 0.6 is 0 Å². The quantitative estimate of drug-likeness (QED) is 0.887. The first-order valence-corrected chi connectivity index (χ1v) is 7.78. The molecule has 0 saturated heterocycles. The summed E-state index contributed by atoms with van der Waals surface area (Å²) in [6, 6.07) is 8.06. The van der Waals surface area contributed by atoms with Crippen LogP contribution in [0, 0.1) is 5.41 Å². The van der Waals surface area contributed by atoms with Crippen LogP contribution in [0.1, 0.15) is 44.6 Å². The molecule has 1 amide bonds. The number of benzene rings is 1. The van der Waals surface area contributed by atoms with Gasteiger partial charge >= 0.3 is 0 Å². The Hall–Kier alpha value is -1.35. The lowest BCUT2D eigenvalue weighted by molar-refractivity contribution is -0.118. The summed E-state index contributed by atoms with van der Waals surface area (Å²) in [5.41, 5.74) is 2.62. The molecule has 0 spiro atoms. The van der Waals surface area contributed by atoms with Gasteiger partial charge in [-0.3, -0.25) is 4.79 Å². The molecule has 1 aliphatic carbocycles. The van der Waals surface area contributed by atoms with Crippen molar-refractivity contribution in [2.75, 3.05) is 11.9 Å². The number of amides is 1. The van der Waals surface area contributed by atoms with Crippen LogP contribution in [-0.2, 0) is 11.2 Å². The van der Waals surface area contributed by atoms with Crippen molar-refractivity contribution in [3.05, 3.63) is 29.8 Å². The van der Waals surface area contributed by atoms with Crippen LogP contribution in [0.2, 0.25) is 0 Å². The van der Waals surface area contributed by atoms with Crippen LogP contribution in [0.4, 0.5) is 5.69 Å². The fraction of sp³-hybridized carbons (Fsp3) is 0.588. The van der Waals surface area contributed by atoms with E-state index in [2.05, 4.69) is 23.6 Å². The molecule has 1 aromatic rings. The zero-order chi connectivity index (χ0) is 14.0. The van der Waals surface area contributed by atoms with Crippen molar-refractivity contribution in [3.8, 4) is 0 Å². The molecule has 1 unspecified atom stereocenters. The molecule has 0 aromatic heterocycles. The fourth-order valence-electron chi connectivity index (χ4n) is 3.48. The fourth-order valence-corrected chi connectivity index (χ4v) is 3.48. The van der Waals surface area contributed by atoms with E-state index in [0.29, 0.717) is 5.41 Å². The van der Waals surface area contributed by atoms with E-state index in [0.717, 1.165) is 25.1 Å². The van der Waals surface area contributed by atoms with Crippen LogP contribution in [0.15, 0.2) is 24.3 Å². The number of para-hydroxylation sites is 1. The zero-order valence-corrected chi connectivity index (χ0v) is 12.2. The van der Waals surface area contributed by atoms with Gasteiger partial charge in [-0.05, 0) is 42.7 Å². The van der Waals surface area contributed by atoms with Crippen LogP contribution < -0.4 is 10.6 Å². The van der Waals surface area contributed by atoms with Gasteiger partial charge < -0.3 is 10.6 Å². The Morgan fingerprint density at radius 2 is 2.05 bits per heavy atom. The van der Waals surface area contributed by atoms with Gasteiger partial charge in [0.25, 0.3) is 0 Å². The van der Waals surface area contributed by atoms with Crippen molar-refractivity contribution in [2.24, 2.45) is 5.41 Å². The average Bonchev–Trinajstić information content (AvgIpc) is 2.80. The summed E-state index contributed by atoms with van der Waals surface area (Å²) in [6.45, 7) is 3.30. The van der Waals surface area contributed by atoms with E-state index in [4.69, 9.17) is 0 Å². The number of nitrogens with one attached hydrogen (secondary N) is 2. The minimum Gasteiger partial charge on any atom is -0.324 e. The molecule has 3 heteroatoms. The van der Waals surface area contributed by atoms with Crippen molar-refractivity contribution >= 4 is 11.6 Å². The highest BCUT2D eigenvalue weighted by Crippen LogP contribution is 2.37. The molecular weight excluding hydrogens is 248 g/mol. The Balaban J connectivity index is 1.63. The van der Waals surface area contributed by atoms with Crippen LogP contribution in [0.5, 0.6) is 0 Å². The van der Waals surface area contributed by atoms with Gasteiger partial charge in [-0.25, -0.2) is 0 Å². The second kappa shape index (κ2) is 5.57. The summed E-state index contributed by atoms with van der Waals surface area (Å²) in [5.74, 6) is 0.122. The Kier molecular flexibility index (Phi) is 3.79. The number of aryl methyl sites for hydroxylation is 1. The molecule has 2 N–H and O–H groups in total. The average molecular weight is 272 g/mol. The molecule has 0 bridgehead atoms. The first-order chi connectivity index (χ1) is 9.66. The number of rotatable bonds is 3. The van der Waals surface area contributed by atoms with Gasteiger partial charge in [-0.1, -0.05) is 38.0 Å². The lowest BCUT2D eigenvalue weighted by atomic mass is 9.88. The van der Waals surface area contributed by atoms with Crippen molar-refractivity contribution in [2.45, 2.75) is 51.5 Å². The second-order valence-corrected chi connectivity index (χ2v) is 6.64. The summed E-state index contributed by atoms with van der Waals surface area (Å²) < 4.78 is 0. The number of hydrogen-bond acceptors (Lipinski definition) is 2. The van der Waals surface area contributed by atoms with Gasteiger partial charge in [0.1, 0.15) is 0 Å². The monoisotopic (exact) mass is 272 g/mol. The number of carbonyl (C=O) groups excluding carboxylic acids is 1. The predicted molar refractivity (Wildman–Crippen MR) is 81.8 cm³/mol. The van der Waals surface area contributed by atoms with E-state index in [-0.39, 0.29) is 11.9 Å². The van der Waals surface area contributed by atoms with Gasteiger partial charge in [-0.2, -0.15) is 0 Å². The minimum atomic E-state index is -0.0557. The third-order valence-corrected chi connectivity index (χ3v) is 4.88. The number of fused-ring (bicyclic) bond motifs is 1. The van der Waals surface area contributed by atoms with Gasteiger partial charge in [0.15, 0.2) is 0 Å². The van der Waals surface area contributed by atoms with Crippen LogP contribution in [-0.4, -0.2) is 18.5 Å². The predicted octanol–water partition coefficient (Wildman–Crippen LogP) is 3.11. The molecule has 1 heterocycles. The second-order valence-electron chi connectivity index (χ2n) is 6.64. The summed E-state index contributed by atoms with van der Waals surface area (Å²) in [7, 11) is 0. The van der Waals surface area contributed by atoms with Gasteiger partial charge in [0.2, 0.25) is 5.91 Å². The molecule has 1 fully saturated rings. The minimum absolute atomic E-state index is 0.0557. The van der Waals surface area contributed by atoms with E-state index in [1.54, 1.807) is 0 Å². The molecule has 20 heavy (non-hydrogen) atoms. The highest BCUT2D eigenvalue weighted by Gasteiger charge is 2.31. The number of hydrogen-bond donors (Lipinski definition) is 2. The Labute approximate surface area is 121 Å². The van der Waals surface area contributed by atoms with Crippen molar-refractivity contribution in [3.63, 3.8) is 0 Å². The summed E-state index contributed by atoms with van der Waals surface area (Å²) in [4.78, 5) is 12.3. The van der Waals surface area contributed by atoms with Crippen LogP contribution in [0.25, 0.3) is 0 Å². The maximum atomic E-state index is 12.3. The van der Waals surface area contributed by atoms with Crippen molar-refractivity contribution < 1.29 is 4.79 Å². The maximum Gasteiger partial charge on any atom is 0.241 e. The molecule has 0 radical (unpaired) electrons. The van der Waals surface area contributed by atoms with E-state index in [9.17, 15) is 4.79 Å². The lowest BCUT2D eigenvalue weighted by Crippen LogP contribution is -2.44. The van der Waals surface area contributed by atoms with Crippen molar-refractivity contribution in [1.82, 2.24) is 5.32 Å². The van der Waals surface area contributed by atoms with E-state index >= 15 is 0 Å². The van der Waals surface area contributed by atoms with E-state index in [1.165, 1.54) is 31.2 Å². The molecule has 2 aliphatic rings. The number of carbonyl (C=O) groups is 1. The molecule has 1 saturated carbocycles. The largest absolute Gasteiger partial charge is 0.324 e. The highest BCUT2D eigenvalue weighted by molar-refractivity contribution is 5.96. The first kappa shape index (κ1) is 13.6. The molecule has 1 aliphatic heterocycles. The maximum absolute atomic E-state index is 12.3.